The maximum Gasteiger partial charge on any atom is 0.324 e. The highest BCUT2D eigenvalue weighted by atomic mass is 16.4. The lowest BCUT2D eigenvalue weighted by Gasteiger charge is -2.31. The molecule has 2 aliphatic heterocycles. The molecule has 1 aromatic carbocycles. The zero-order valence-electron chi connectivity index (χ0n) is 16.9. The zero-order valence-corrected chi connectivity index (χ0v) is 16.9. The molecule has 2 heterocycles. The highest BCUT2D eigenvalue weighted by Gasteiger charge is 2.68. The fourth-order valence-corrected chi connectivity index (χ4v) is 4.79. The van der Waals surface area contributed by atoms with E-state index in [9.17, 15) is 19.5 Å². The van der Waals surface area contributed by atoms with Crippen LogP contribution >= 0.6 is 0 Å². The molecule has 28 heavy (non-hydrogen) atoms. The van der Waals surface area contributed by atoms with Crippen molar-refractivity contribution in [1.82, 2.24) is 10.2 Å². The number of carboxylic acid groups (broad SMARTS) is 1. The van der Waals surface area contributed by atoms with Crippen LogP contribution in [0.2, 0.25) is 0 Å². The van der Waals surface area contributed by atoms with Gasteiger partial charge >= 0.3 is 5.97 Å². The molecule has 0 spiro atoms. The van der Waals surface area contributed by atoms with Gasteiger partial charge in [0.25, 0.3) is 0 Å². The van der Waals surface area contributed by atoms with Gasteiger partial charge in [0.1, 0.15) is 5.54 Å². The van der Waals surface area contributed by atoms with Crippen molar-refractivity contribution in [3.05, 3.63) is 35.4 Å². The molecule has 3 rings (SSSR count). The van der Waals surface area contributed by atoms with Crippen LogP contribution in [-0.4, -0.2) is 39.9 Å². The van der Waals surface area contributed by atoms with Gasteiger partial charge < -0.3 is 5.11 Å². The molecule has 152 valence electrons. The van der Waals surface area contributed by atoms with E-state index in [0.717, 1.165) is 30.4 Å². The van der Waals surface area contributed by atoms with Crippen LogP contribution in [0.1, 0.15) is 63.1 Å². The first-order valence-electron chi connectivity index (χ1n) is 10.3. The molecule has 0 aliphatic carbocycles. The van der Waals surface area contributed by atoms with Crippen molar-refractivity contribution in [3.63, 3.8) is 0 Å². The van der Waals surface area contributed by atoms with Crippen molar-refractivity contribution in [1.29, 1.82) is 0 Å². The number of rotatable bonds is 8. The summed E-state index contributed by atoms with van der Waals surface area (Å²) in [5, 5.41) is 13.5. The summed E-state index contributed by atoms with van der Waals surface area (Å²) in [5.74, 6) is -3.12. The molecule has 4 unspecified atom stereocenters. The summed E-state index contributed by atoms with van der Waals surface area (Å²) in [4.78, 5) is 40.3. The summed E-state index contributed by atoms with van der Waals surface area (Å²) in [5.41, 5.74) is 0.486. The molecule has 4 atom stereocenters. The number of carboxylic acids is 1. The minimum atomic E-state index is -1.40. The van der Waals surface area contributed by atoms with E-state index in [-0.39, 0.29) is 11.8 Å². The summed E-state index contributed by atoms with van der Waals surface area (Å²) >= 11 is 0. The van der Waals surface area contributed by atoms with Gasteiger partial charge in [-0.3, -0.25) is 24.6 Å². The Labute approximate surface area is 166 Å². The third-order valence-corrected chi connectivity index (χ3v) is 6.31. The van der Waals surface area contributed by atoms with Crippen molar-refractivity contribution in [2.45, 2.75) is 64.5 Å². The summed E-state index contributed by atoms with van der Waals surface area (Å²) in [7, 11) is 0. The first-order valence-corrected chi connectivity index (χ1v) is 10.3. The number of likely N-dealkylation sites (tertiary alicyclic amines) is 1. The topological polar surface area (TPSA) is 86.7 Å². The first-order chi connectivity index (χ1) is 13.4. The fourth-order valence-electron chi connectivity index (χ4n) is 4.79. The Balaban J connectivity index is 2.10. The van der Waals surface area contributed by atoms with Gasteiger partial charge in [0.15, 0.2) is 0 Å². The second kappa shape index (κ2) is 8.03. The first kappa shape index (κ1) is 20.5. The molecular weight excluding hydrogens is 356 g/mol. The third-order valence-electron chi connectivity index (χ3n) is 6.31. The summed E-state index contributed by atoms with van der Waals surface area (Å²) in [6.07, 6.45) is 3.44. The molecule has 1 aromatic rings. The zero-order chi connectivity index (χ0) is 20.5. The molecule has 2 saturated heterocycles. The van der Waals surface area contributed by atoms with Gasteiger partial charge in [0.2, 0.25) is 11.8 Å². The number of benzene rings is 1. The number of hydrogen-bond donors (Lipinski definition) is 2. The van der Waals surface area contributed by atoms with Crippen LogP contribution in [0.5, 0.6) is 0 Å². The Morgan fingerprint density at radius 2 is 1.82 bits per heavy atom. The van der Waals surface area contributed by atoms with Crippen LogP contribution in [-0.2, 0) is 14.4 Å². The van der Waals surface area contributed by atoms with Crippen molar-refractivity contribution in [3.8, 4) is 0 Å². The Morgan fingerprint density at radius 1 is 1.14 bits per heavy atom. The van der Waals surface area contributed by atoms with E-state index in [4.69, 9.17) is 0 Å². The smallest absolute Gasteiger partial charge is 0.324 e. The van der Waals surface area contributed by atoms with Gasteiger partial charge in [-0.25, -0.2) is 0 Å². The molecule has 6 nitrogen and oxygen atoms in total. The van der Waals surface area contributed by atoms with Crippen LogP contribution in [0.15, 0.2) is 24.3 Å². The lowest BCUT2D eigenvalue weighted by Crippen LogP contribution is -2.55. The standard InChI is InChI=1S/C22H30N2O4/c1-4-6-12-22(21(27)28)17-16(19(25)24(20(17)26)13-7-5-2)18(23-22)15-11-9-8-10-14(15)3/h8-11,16-18,23H,4-7,12-13H2,1-3H3,(H,27,28). The summed E-state index contributed by atoms with van der Waals surface area (Å²) in [6.45, 7) is 6.32. The fraction of sp³-hybridized carbons (Fsp3) is 0.591. The normalized spacial score (nSPS) is 29.4. The highest BCUT2D eigenvalue weighted by Crippen LogP contribution is 2.51. The second-order valence-electron chi connectivity index (χ2n) is 8.04. The Kier molecular flexibility index (Phi) is 5.89. The molecule has 0 radical (unpaired) electrons. The predicted molar refractivity (Wildman–Crippen MR) is 106 cm³/mol. The Bertz CT molecular complexity index is 778. The van der Waals surface area contributed by atoms with Gasteiger partial charge in [0.05, 0.1) is 11.8 Å². The van der Waals surface area contributed by atoms with Gasteiger partial charge in [-0.2, -0.15) is 0 Å². The number of nitrogens with zero attached hydrogens (tertiary/aromatic N) is 1. The average molecular weight is 386 g/mol. The van der Waals surface area contributed by atoms with Gasteiger partial charge in [-0.1, -0.05) is 57.4 Å². The quantitative estimate of drug-likeness (QED) is 0.671. The number of nitrogens with one attached hydrogen (secondary N) is 1. The molecule has 2 aliphatic rings. The number of carbonyl (C=O) groups is 3. The molecule has 6 heteroatoms. The monoisotopic (exact) mass is 386 g/mol. The third kappa shape index (κ3) is 3.13. The van der Waals surface area contributed by atoms with Crippen molar-refractivity contribution in [2.24, 2.45) is 11.8 Å². The van der Waals surface area contributed by atoms with Crippen LogP contribution in [0.25, 0.3) is 0 Å². The van der Waals surface area contributed by atoms with Gasteiger partial charge in [-0.05, 0) is 30.9 Å². The van der Waals surface area contributed by atoms with E-state index >= 15 is 0 Å². The lowest BCUT2D eigenvalue weighted by molar-refractivity contribution is -0.151. The molecule has 0 aromatic heterocycles. The number of aliphatic carboxylic acids is 1. The van der Waals surface area contributed by atoms with E-state index in [0.29, 0.717) is 19.4 Å². The maximum atomic E-state index is 13.3. The maximum absolute atomic E-state index is 13.3. The lowest BCUT2D eigenvalue weighted by atomic mass is 9.76. The Morgan fingerprint density at radius 3 is 2.43 bits per heavy atom. The molecular formula is C22H30N2O4. The minimum absolute atomic E-state index is 0.233. The largest absolute Gasteiger partial charge is 0.480 e. The number of imide groups is 1. The molecule has 0 bridgehead atoms. The van der Waals surface area contributed by atoms with Crippen LogP contribution < -0.4 is 5.32 Å². The van der Waals surface area contributed by atoms with E-state index < -0.39 is 29.4 Å². The molecule has 2 N–H and O–H groups in total. The number of amides is 2. The summed E-state index contributed by atoms with van der Waals surface area (Å²) < 4.78 is 0. The molecule has 0 saturated carbocycles. The van der Waals surface area contributed by atoms with Crippen LogP contribution in [0.3, 0.4) is 0 Å². The highest BCUT2D eigenvalue weighted by molar-refractivity contribution is 6.09. The van der Waals surface area contributed by atoms with E-state index in [1.165, 1.54) is 4.90 Å². The van der Waals surface area contributed by atoms with E-state index in [1.54, 1.807) is 0 Å². The van der Waals surface area contributed by atoms with Crippen LogP contribution in [0, 0.1) is 18.8 Å². The number of unbranched alkanes of at least 4 members (excludes halogenated alkanes) is 2. The Hall–Kier alpha value is -2.21. The summed E-state index contributed by atoms with van der Waals surface area (Å²) in [6, 6.07) is 7.22. The van der Waals surface area contributed by atoms with Crippen molar-refractivity contribution < 1.29 is 19.5 Å². The van der Waals surface area contributed by atoms with E-state index in [1.807, 2.05) is 45.0 Å². The van der Waals surface area contributed by atoms with Crippen LogP contribution in [0.4, 0.5) is 0 Å². The van der Waals surface area contributed by atoms with Gasteiger partial charge in [-0.15, -0.1) is 0 Å². The number of carbonyl (C=O) groups excluding carboxylic acids is 2. The van der Waals surface area contributed by atoms with E-state index in [2.05, 4.69) is 5.32 Å². The van der Waals surface area contributed by atoms with Crippen molar-refractivity contribution >= 4 is 17.8 Å². The average Bonchev–Trinajstić information content (AvgIpc) is 3.14. The predicted octanol–water partition coefficient (Wildman–Crippen LogP) is 3.05. The van der Waals surface area contributed by atoms with Gasteiger partial charge in [0, 0.05) is 12.6 Å². The number of aryl methyl sites for hydroxylation is 1. The van der Waals surface area contributed by atoms with Crippen molar-refractivity contribution in [2.75, 3.05) is 6.54 Å². The SMILES string of the molecule is CCCCN1C(=O)C2C(c3ccccc3C)NC(CCCC)(C(=O)O)C2C1=O. The molecule has 2 amide bonds. The second-order valence-corrected chi connectivity index (χ2v) is 8.04. The molecule has 2 fully saturated rings. The number of hydrogen-bond acceptors (Lipinski definition) is 4. The number of fused-ring (bicyclic) bond motifs is 1. The minimum Gasteiger partial charge on any atom is -0.480 e.